The van der Waals surface area contributed by atoms with Gasteiger partial charge in [-0.25, -0.2) is 0 Å². The molecule has 5 aromatic carbocycles. The molecule has 0 fully saturated rings. The summed E-state index contributed by atoms with van der Waals surface area (Å²) in [4.78, 5) is 2.32. The summed E-state index contributed by atoms with van der Waals surface area (Å²) in [5.41, 5.74) is 7.33. The van der Waals surface area contributed by atoms with Crippen LogP contribution in [0.4, 0.5) is 11.4 Å². The molecular formula is C29H23N. The monoisotopic (exact) mass is 385 g/mol. The molecule has 5 rings (SSSR count). The van der Waals surface area contributed by atoms with Crippen molar-refractivity contribution in [3.8, 4) is 22.3 Å². The predicted octanol–water partition coefficient (Wildman–Crippen LogP) is 7.94. The molecule has 0 N–H and O–H groups in total. The highest BCUT2D eigenvalue weighted by molar-refractivity contribution is 6.04. The Hall–Kier alpha value is -3.84. The van der Waals surface area contributed by atoms with Gasteiger partial charge in [0, 0.05) is 29.5 Å². The molecule has 0 amide bonds. The molecule has 0 unspecified atom stereocenters. The Kier molecular flexibility index (Phi) is 4.78. The van der Waals surface area contributed by atoms with E-state index in [0.29, 0.717) is 0 Å². The van der Waals surface area contributed by atoms with Gasteiger partial charge in [0.15, 0.2) is 0 Å². The van der Waals surface area contributed by atoms with Crippen LogP contribution < -0.4 is 4.90 Å². The van der Waals surface area contributed by atoms with Crippen molar-refractivity contribution in [1.82, 2.24) is 0 Å². The van der Waals surface area contributed by atoms with Crippen molar-refractivity contribution in [2.24, 2.45) is 0 Å². The van der Waals surface area contributed by atoms with E-state index in [1.807, 2.05) is 0 Å². The van der Waals surface area contributed by atoms with Crippen LogP contribution in [0.5, 0.6) is 0 Å². The van der Waals surface area contributed by atoms with Crippen molar-refractivity contribution in [1.29, 1.82) is 0 Å². The van der Waals surface area contributed by atoms with E-state index in [1.54, 1.807) is 0 Å². The molecule has 0 saturated heterocycles. The van der Waals surface area contributed by atoms with Gasteiger partial charge in [-0.2, -0.15) is 0 Å². The van der Waals surface area contributed by atoms with E-state index in [9.17, 15) is 0 Å². The van der Waals surface area contributed by atoms with E-state index in [1.165, 1.54) is 44.4 Å². The number of rotatable bonds is 4. The van der Waals surface area contributed by atoms with E-state index >= 15 is 0 Å². The summed E-state index contributed by atoms with van der Waals surface area (Å²) in [5, 5.41) is 2.52. The minimum absolute atomic E-state index is 1.19. The molecule has 0 aliphatic carbocycles. The van der Waals surface area contributed by atoms with E-state index in [-0.39, 0.29) is 0 Å². The molecule has 0 aromatic heterocycles. The Bertz CT molecular complexity index is 1290. The standard InChI is InChI=1S/C29H23N/c1-30(27-19-11-10-17-25(27)22-12-4-2-5-13-22)28-21-20-23-14-8-9-18-26(23)29(28)24-15-6-3-7-16-24/h2-21H,1H3. The summed E-state index contributed by atoms with van der Waals surface area (Å²) in [6.07, 6.45) is 0. The number of hydrogen-bond donors (Lipinski definition) is 0. The number of nitrogens with zero attached hydrogens (tertiary/aromatic N) is 1. The van der Waals surface area contributed by atoms with Crippen LogP contribution in [0.1, 0.15) is 0 Å². The van der Waals surface area contributed by atoms with E-state index < -0.39 is 0 Å². The van der Waals surface area contributed by atoms with Gasteiger partial charge in [0.2, 0.25) is 0 Å². The van der Waals surface area contributed by atoms with Crippen LogP contribution in [0.3, 0.4) is 0 Å². The summed E-state index contributed by atoms with van der Waals surface area (Å²) in [5.74, 6) is 0. The van der Waals surface area contributed by atoms with E-state index in [2.05, 4.69) is 133 Å². The van der Waals surface area contributed by atoms with Crippen molar-refractivity contribution >= 4 is 22.1 Å². The van der Waals surface area contributed by atoms with Crippen LogP contribution in [0, 0.1) is 0 Å². The molecule has 0 saturated carbocycles. The van der Waals surface area contributed by atoms with Crippen molar-refractivity contribution in [2.45, 2.75) is 0 Å². The summed E-state index contributed by atoms with van der Waals surface area (Å²) in [6, 6.07) is 43.0. The van der Waals surface area contributed by atoms with Crippen molar-refractivity contribution in [3.63, 3.8) is 0 Å². The molecule has 5 aromatic rings. The van der Waals surface area contributed by atoms with Gasteiger partial charge in [0.25, 0.3) is 0 Å². The predicted molar refractivity (Wildman–Crippen MR) is 129 cm³/mol. The van der Waals surface area contributed by atoms with Gasteiger partial charge in [-0.15, -0.1) is 0 Å². The van der Waals surface area contributed by atoms with Crippen LogP contribution in [0.15, 0.2) is 121 Å². The largest absolute Gasteiger partial charge is 0.344 e. The molecule has 1 heteroatoms. The van der Waals surface area contributed by atoms with Gasteiger partial charge < -0.3 is 4.90 Å². The second kappa shape index (κ2) is 7.88. The first-order chi connectivity index (χ1) is 14.8. The third kappa shape index (κ3) is 3.25. The summed E-state index contributed by atoms with van der Waals surface area (Å²) >= 11 is 0. The van der Waals surface area contributed by atoms with E-state index in [4.69, 9.17) is 0 Å². The number of para-hydroxylation sites is 1. The zero-order valence-electron chi connectivity index (χ0n) is 17.0. The third-order valence-corrected chi connectivity index (χ3v) is 5.68. The fraction of sp³-hybridized carbons (Fsp3) is 0.0345. The van der Waals surface area contributed by atoms with Gasteiger partial charge in [-0.05, 0) is 34.0 Å². The maximum Gasteiger partial charge on any atom is 0.0494 e. The topological polar surface area (TPSA) is 3.24 Å². The molecule has 144 valence electrons. The summed E-state index contributed by atoms with van der Waals surface area (Å²) in [6.45, 7) is 0. The number of hydrogen-bond acceptors (Lipinski definition) is 1. The lowest BCUT2D eigenvalue weighted by atomic mass is 9.95. The lowest BCUT2D eigenvalue weighted by Crippen LogP contribution is -2.12. The van der Waals surface area contributed by atoms with Gasteiger partial charge >= 0.3 is 0 Å². The number of benzene rings is 5. The SMILES string of the molecule is CN(c1ccccc1-c1ccccc1)c1ccc2ccccc2c1-c1ccccc1. The molecule has 30 heavy (non-hydrogen) atoms. The lowest BCUT2D eigenvalue weighted by molar-refractivity contribution is 1.21. The third-order valence-electron chi connectivity index (χ3n) is 5.68. The Labute approximate surface area is 177 Å². The molecule has 0 aliphatic heterocycles. The maximum atomic E-state index is 2.32. The number of fused-ring (bicyclic) bond motifs is 1. The minimum Gasteiger partial charge on any atom is -0.344 e. The normalized spacial score (nSPS) is 10.8. The molecule has 0 atom stereocenters. The summed E-state index contributed by atoms with van der Waals surface area (Å²) < 4.78 is 0. The van der Waals surface area contributed by atoms with Crippen LogP contribution in [0.25, 0.3) is 33.0 Å². The van der Waals surface area contributed by atoms with E-state index in [0.717, 1.165) is 0 Å². The zero-order valence-corrected chi connectivity index (χ0v) is 17.0. The highest BCUT2D eigenvalue weighted by Crippen LogP contribution is 2.42. The molecule has 0 heterocycles. The molecule has 0 spiro atoms. The van der Waals surface area contributed by atoms with Crippen LogP contribution in [0.2, 0.25) is 0 Å². The van der Waals surface area contributed by atoms with Gasteiger partial charge in [-0.1, -0.05) is 109 Å². The van der Waals surface area contributed by atoms with Gasteiger partial charge in [0.1, 0.15) is 0 Å². The average molecular weight is 386 g/mol. The first kappa shape index (κ1) is 18.2. The number of anilines is 2. The Morgan fingerprint density at radius 3 is 1.83 bits per heavy atom. The van der Waals surface area contributed by atoms with Crippen molar-refractivity contribution < 1.29 is 0 Å². The van der Waals surface area contributed by atoms with Crippen molar-refractivity contribution in [2.75, 3.05) is 11.9 Å². The second-order valence-corrected chi connectivity index (χ2v) is 7.49. The Morgan fingerprint density at radius 2 is 1.07 bits per heavy atom. The smallest absolute Gasteiger partial charge is 0.0494 e. The molecule has 0 radical (unpaired) electrons. The van der Waals surface area contributed by atoms with Crippen LogP contribution >= 0.6 is 0 Å². The lowest BCUT2D eigenvalue weighted by Gasteiger charge is -2.26. The van der Waals surface area contributed by atoms with Gasteiger partial charge in [0.05, 0.1) is 0 Å². The second-order valence-electron chi connectivity index (χ2n) is 7.49. The summed E-state index contributed by atoms with van der Waals surface area (Å²) in [7, 11) is 2.16. The van der Waals surface area contributed by atoms with Crippen molar-refractivity contribution in [3.05, 3.63) is 121 Å². The first-order valence-electron chi connectivity index (χ1n) is 10.3. The highest BCUT2D eigenvalue weighted by Gasteiger charge is 2.16. The van der Waals surface area contributed by atoms with Crippen LogP contribution in [-0.4, -0.2) is 7.05 Å². The first-order valence-corrected chi connectivity index (χ1v) is 10.3. The Balaban J connectivity index is 1.74. The maximum absolute atomic E-state index is 2.32. The molecular weight excluding hydrogens is 362 g/mol. The average Bonchev–Trinajstić information content (AvgIpc) is 2.84. The molecule has 0 aliphatic rings. The molecule has 1 nitrogen and oxygen atoms in total. The highest BCUT2D eigenvalue weighted by atomic mass is 15.1. The minimum atomic E-state index is 1.19. The zero-order chi connectivity index (χ0) is 20.3. The quantitative estimate of drug-likeness (QED) is 0.303. The van der Waals surface area contributed by atoms with Crippen LogP contribution in [-0.2, 0) is 0 Å². The Morgan fingerprint density at radius 1 is 0.467 bits per heavy atom. The fourth-order valence-corrected chi connectivity index (χ4v) is 4.21. The fourth-order valence-electron chi connectivity index (χ4n) is 4.21. The van der Waals surface area contributed by atoms with Gasteiger partial charge in [-0.3, -0.25) is 0 Å². The molecule has 0 bridgehead atoms.